The van der Waals surface area contributed by atoms with Gasteiger partial charge in [-0.1, -0.05) is 12.1 Å². The zero-order chi connectivity index (χ0) is 18.4. The molecule has 6 nitrogen and oxygen atoms in total. The molecule has 0 aliphatic carbocycles. The Morgan fingerprint density at radius 2 is 1.80 bits per heavy atom. The summed E-state index contributed by atoms with van der Waals surface area (Å²) in [7, 11) is 3.37. The molecule has 3 N–H and O–H groups in total. The lowest BCUT2D eigenvalue weighted by molar-refractivity contribution is -0.115. The fraction of sp³-hybridized carbons (Fsp3) is 0.263. The average molecular weight is 341 g/mol. The third-order valence-electron chi connectivity index (χ3n) is 3.55. The third kappa shape index (κ3) is 4.97. The summed E-state index contributed by atoms with van der Waals surface area (Å²) in [5, 5.41) is 2.83. The van der Waals surface area contributed by atoms with Crippen LogP contribution >= 0.6 is 0 Å². The van der Waals surface area contributed by atoms with Crippen molar-refractivity contribution in [3.05, 3.63) is 53.6 Å². The number of hydrogen-bond donors (Lipinski definition) is 2. The molecule has 0 heterocycles. The molecule has 2 aromatic rings. The van der Waals surface area contributed by atoms with Crippen LogP contribution in [0.4, 0.5) is 11.4 Å². The van der Waals surface area contributed by atoms with Gasteiger partial charge in [-0.2, -0.15) is 0 Å². The molecule has 0 aliphatic rings. The summed E-state index contributed by atoms with van der Waals surface area (Å²) in [6.45, 7) is 2.28. The molecule has 0 bridgehead atoms. The first-order chi connectivity index (χ1) is 11.9. The second-order valence-electron chi connectivity index (χ2n) is 5.81. The second-order valence-corrected chi connectivity index (χ2v) is 5.81. The van der Waals surface area contributed by atoms with Gasteiger partial charge in [-0.25, -0.2) is 0 Å². The van der Waals surface area contributed by atoms with Crippen LogP contribution < -0.4 is 15.8 Å². The Kier molecular flexibility index (Phi) is 6.00. The highest BCUT2D eigenvalue weighted by molar-refractivity contribution is 5.97. The summed E-state index contributed by atoms with van der Waals surface area (Å²) in [5.74, 6) is 0.180. The zero-order valence-corrected chi connectivity index (χ0v) is 14.7. The molecule has 0 fully saturated rings. The molecule has 0 aliphatic heterocycles. The highest BCUT2D eigenvalue weighted by Crippen LogP contribution is 2.26. The molecule has 0 saturated carbocycles. The fourth-order valence-electron chi connectivity index (χ4n) is 2.31. The summed E-state index contributed by atoms with van der Waals surface area (Å²) in [6.07, 6.45) is 0.226. The van der Waals surface area contributed by atoms with Gasteiger partial charge in [0.05, 0.1) is 18.7 Å². The van der Waals surface area contributed by atoms with E-state index in [4.69, 9.17) is 10.5 Å². The number of carbonyl (C=O) groups excluding carboxylic acids is 2. The van der Waals surface area contributed by atoms with E-state index >= 15 is 0 Å². The fourth-order valence-corrected chi connectivity index (χ4v) is 2.31. The molecule has 6 heteroatoms. The third-order valence-corrected chi connectivity index (χ3v) is 3.55. The SMILES string of the molecule is CCOc1cc(C(=O)N(C)C)ccc1NC(=O)Cc1ccc(N)cc1. The Morgan fingerprint density at radius 3 is 2.40 bits per heavy atom. The molecule has 132 valence electrons. The van der Waals surface area contributed by atoms with Gasteiger partial charge >= 0.3 is 0 Å². The molecule has 0 aromatic heterocycles. The number of nitrogens with one attached hydrogen (secondary N) is 1. The number of nitrogens with zero attached hydrogens (tertiary/aromatic N) is 1. The van der Waals surface area contributed by atoms with Crippen LogP contribution in [0.5, 0.6) is 5.75 Å². The van der Waals surface area contributed by atoms with Gasteiger partial charge in [0.2, 0.25) is 5.91 Å². The molecule has 0 saturated heterocycles. The molecular weight excluding hydrogens is 318 g/mol. The van der Waals surface area contributed by atoms with Crippen molar-refractivity contribution in [2.75, 3.05) is 31.8 Å². The monoisotopic (exact) mass is 341 g/mol. The normalized spacial score (nSPS) is 10.2. The highest BCUT2D eigenvalue weighted by atomic mass is 16.5. The van der Waals surface area contributed by atoms with E-state index in [-0.39, 0.29) is 18.2 Å². The van der Waals surface area contributed by atoms with Crippen molar-refractivity contribution in [2.45, 2.75) is 13.3 Å². The van der Waals surface area contributed by atoms with Crippen LogP contribution in [-0.4, -0.2) is 37.4 Å². The summed E-state index contributed by atoms with van der Waals surface area (Å²) in [4.78, 5) is 25.8. The topological polar surface area (TPSA) is 84.7 Å². The first-order valence-corrected chi connectivity index (χ1v) is 8.03. The smallest absolute Gasteiger partial charge is 0.253 e. The summed E-state index contributed by atoms with van der Waals surface area (Å²) in [6, 6.07) is 12.1. The number of nitrogens with two attached hydrogens (primary N) is 1. The van der Waals surface area contributed by atoms with Crippen molar-refractivity contribution >= 4 is 23.2 Å². The predicted molar refractivity (Wildman–Crippen MR) is 98.8 cm³/mol. The van der Waals surface area contributed by atoms with Crippen LogP contribution in [0.15, 0.2) is 42.5 Å². The zero-order valence-electron chi connectivity index (χ0n) is 14.7. The number of benzene rings is 2. The summed E-state index contributed by atoms with van der Waals surface area (Å²) < 4.78 is 5.57. The van der Waals surface area contributed by atoms with Crippen LogP contribution in [-0.2, 0) is 11.2 Å². The van der Waals surface area contributed by atoms with Crippen molar-refractivity contribution in [3.8, 4) is 5.75 Å². The van der Waals surface area contributed by atoms with E-state index in [1.165, 1.54) is 4.90 Å². The van der Waals surface area contributed by atoms with E-state index in [0.717, 1.165) is 5.56 Å². The van der Waals surface area contributed by atoms with Gasteiger partial charge in [0.15, 0.2) is 0 Å². The number of amides is 2. The molecule has 2 aromatic carbocycles. The minimum Gasteiger partial charge on any atom is -0.492 e. The Labute approximate surface area is 147 Å². The minimum atomic E-state index is -0.169. The summed E-state index contributed by atoms with van der Waals surface area (Å²) >= 11 is 0. The van der Waals surface area contributed by atoms with Gasteiger partial charge in [-0.3, -0.25) is 9.59 Å². The van der Waals surface area contributed by atoms with E-state index in [1.807, 2.05) is 19.1 Å². The van der Waals surface area contributed by atoms with Gasteiger partial charge in [0, 0.05) is 25.3 Å². The molecule has 25 heavy (non-hydrogen) atoms. The summed E-state index contributed by atoms with van der Waals surface area (Å²) in [5.41, 5.74) is 8.21. The van der Waals surface area contributed by atoms with Crippen molar-refractivity contribution < 1.29 is 14.3 Å². The molecular formula is C19H23N3O3. The number of carbonyl (C=O) groups is 2. The quantitative estimate of drug-likeness (QED) is 0.791. The highest BCUT2D eigenvalue weighted by Gasteiger charge is 2.14. The van der Waals surface area contributed by atoms with E-state index in [2.05, 4.69) is 5.32 Å². The molecule has 0 spiro atoms. The van der Waals surface area contributed by atoms with Crippen molar-refractivity contribution in [1.82, 2.24) is 4.90 Å². The lowest BCUT2D eigenvalue weighted by atomic mass is 10.1. The predicted octanol–water partition coefficient (Wildman–Crippen LogP) is 2.55. The molecule has 2 amide bonds. The van der Waals surface area contributed by atoms with E-state index in [0.29, 0.717) is 29.3 Å². The van der Waals surface area contributed by atoms with E-state index < -0.39 is 0 Å². The van der Waals surface area contributed by atoms with Gasteiger partial charge in [-0.05, 0) is 42.8 Å². The Bertz CT molecular complexity index is 755. The number of ether oxygens (including phenoxy) is 1. The van der Waals surface area contributed by atoms with Gasteiger partial charge in [0.1, 0.15) is 5.75 Å². The average Bonchev–Trinajstić information content (AvgIpc) is 2.58. The number of anilines is 2. The van der Waals surface area contributed by atoms with Crippen LogP contribution in [0.3, 0.4) is 0 Å². The number of rotatable bonds is 6. The van der Waals surface area contributed by atoms with Crippen molar-refractivity contribution in [2.24, 2.45) is 0 Å². The standard InChI is InChI=1S/C19H23N3O3/c1-4-25-17-12-14(19(24)22(2)3)7-10-16(17)21-18(23)11-13-5-8-15(20)9-6-13/h5-10,12H,4,11,20H2,1-3H3,(H,21,23). The van der Waals surface area contributed by atoms with Crippen LogP contribution in [0, 0.1) is 0 Å². The number of nitrogen functional groups attached to an aromatic ring is 1. The number of hydrogen-bond acceptors (Lipinski definition) is 4. The molecule has 0 radical (unpaired) electrons. The maximum atomic E-state index is 12.3. The van der Waals surface area contributed by atoms with E-state index in [9.17, 15) is 9.59 Å². The molecule has 2 rings (SSSR count). The second kappa shape index (κ2) is 8.19. The largest absolute Gasteiger partial charge is 0.492 e. The van der Waals surface area contributed by atoms with Gasteiger partial charge in [-0.15, -0.1) is 0 Å². The molecule has 0 atom stereocenters. The Balaban J connectivity index is 2.15. The lowest BCUT2D eigenvalue weighted by Crippen LogP contribution is -2.22. The van der Waals surface area contributed by atoms with Gasteiger partial charge < -0.3 is 20.7 Å². The first-order valence-electron chi connectivity index (χ1n) is 8.03. The first kappa shape index (κ1) is 18.3. The maximum absolute atomic E-state index is 12.3. The van der Waals surface area contributed by atoms with Crippen molar-refractivity contribution in [1.29, 1.82) is 0 Å². The van der Waals surface area contributed by atoms with Gasteiger partial charge in [0.25, 0.3) is 5.91 Å². The van der Waals surface area contributed by atoms with E-state index in [1.54, 1.807) is 44.4 Å². The van der Waals surface area contributed by atoms with Crippen LogP contribution in [0.1, 0.15) is 22.8 Å². The minimum absolute atomic E-state index is 0.124. The van der Waals surface area contributed by atoms with Crippen LogP contribution in [0.2, 0.25) is 0 Å². The van der Waals surface area contributed by atoms with Crippen molar-refractivity contribution in [3.63, 3.8) is 0 Å². The molecule has 0 unspecified atom stereocenters. The Morgan fingerprint density at radius 1 is 1.12 bits per heavy atom. The maximum Gasteiger partial charge on any atom is 0.253 e. The lowest BCUT2D eigenvalue weighted by Gasteiger charge is -2.15. The van der Waals surface area contributed by atoms with Crippen LogP contribution in [0.25, 0.3) is 0 Å². The Hall–Kier alpha value is -3.02.